The molecule has 3 aliphatic rings. The summed E-state index contributed by atoms with van der Waals surface area (Å²) in [6, 6.07) is 8.79. The number of piperidine rings is 1. The van der Waals surface area contributed by atoms with E-state index in [-0.39, 0.29) is 11.4 Å². The highest BCUT2D eigenvalue weighted by Crippen LogP contribution is 2.38. The summed E-state index contributed by atoms with van der Waals surface area (Å²) in [7, 11) is 2.02. The standard InChI is InChI=1S/C23H29Cl2N3O/c1-26-21(17-6-7-19(24)20(25)14-17)8-11-28-12-9-23(10-13-28)18-5-3-2-4-16(18)15-22(29)27-23/h2-7,17,21,26H,8-15H2,1H3,(H,27,29)/t17?,21-/m0/s1. The minimum atomic E-state index is -0.188. The molecule has 1 aromatic rings. The van der Waals surface area contributed by atoms with Crippen LogP contribution >= 0.6 is 23.2 Å². The third-order valence-corrected chi connectivity index (χ3v) is 7.59. The molecule has 1 aromatic carbocycles. The molecular formula is C23H29Cl2N3O. The minimum Gasteiger partial charge on any atom is -0.346 e. The topological polar surface area (TPSA) is 44.4 Å². The maximum atomic E-state index is 12.3. The Hall–Kier alpha value is -1.33. The Bertz CT molecular complexity index is 827. The van der Waals surface area contributed by atoms with E-state index < -0.39 is 0 Å². The van der Waals surface area contributed by atoms with Gasteiger partial charge in [0.25, 0.3) is 0 Å². The van der Waals surface area contributed by atoms with Crippen molar-refractivity contribution >= 4 is 29.1 Å². The summed E-state index contributed by atoms with van der Waals surface area (Å²) in [4.78, 5) is 14.8. The van der Waals surface area contributed by atoms with Crippen molar-refractivity contribution in [2.75, 3.05) is 26.7 Å². The van der Waals surface area contributed by atoms with Crippen LogP contribution in [-0.4, -0.2) is 43.5 Å². The zero-order valence-corrected chi connectivity index (χ0v) is 18.4. The van der Waals surface area contributed by atoms with Gasteiger partial charge in [-0.2, -0.15) is 0 Å². The molecule has 1 fully saturated rings. The number of hydrogen-bond acceptors (Lipinski definition) is 3. The van der Waals surface area contributed by atoms with Crippen LogP contribution in [0, 0.1) is 5.92 Å². The zero-order chi connectivity index (χ0) is 20.4. The number of benzene rings is 1. The molecule has 0 radical (unpaired) electrons. The van der Waals surface area contributed by atoms with Crippen LogP contribution in [0.2, 0.25) is 0 Å². The molecule has 0 saturated carbocycles. The van der Waals surface area contributed by atoms with Gasteiger partial charge in [-0.3, -0.25) is 4.79 Å². The molecule has 1 spiro atoms. The van der Waals surface area contributed by atoms with E-state index in [1.165, 1.54) is 11.1 Å². The fourth-order valence-electron chi connectivity index (χ4n) is 5.09. The van der Waals surface area contributed by atoms with E-state index in [4.69, 9.17) is 23.2 Å². The van der Waals surface area contributed by atoms with Crippen molar-refractivity contribution in [1.82, 2.24) is 15.5 Å². The number of allylic oxidation sites excluding steroid dienone is 3. The summed E-state index contributed by atoms with van der Waals surface area (Å²) in [5, 5.41) is 8.21. The van der Waals surface area contributed by atoms with Crippen LogP contribution in [0.25, 0.3) is 0 Å². The Balaban J connectivity index is 1.35. The number of nitrogens with zero attached hydrogens (tertiary/aromatic N) is 1. The van der Waals surface area contributed by atoms with Crippen molar-refractivity contribution < 1.29 is 4.79 Å². The van der Waals surface area contributed by atoms with E-state index in [1.807, 2.05) is 19.2 Å². The predicted molar refractivity (Wildman–Crippen MR) is 119 cm³/mol. The Morgan fingerprint density at radius 2 is 2.03 bits per heavy atom. The average Bonchev–Trinajstić information content (AvgIpc) is 2.72. The lowest BCUT2D eigenvalue weighted by molar-refractivity contribution is -0.124. The lowest BCUT2D eigenvalue weighted by Crippen LogP contribution is -2.56. The Kier molecular flexibility index (Phi) is 6.35. The third-order valence-electron chi connectivity index (χ3n) is 6.78. The summed E-state index contributed by atoms with van der Waals surface area (Å²) in [5.74, 6) is 0.524. The van der Waals surface area contributed by atoms with E-state index in [1.54, 1.807) is 0 Å². The molecule has 2 N–H and O–H groups in total. The number of fused-ring (bicyclic) bond motifs is 2. The molecule has 2 atom stereocenters. The first-order chi connectivity index (χ1) is 14.0. The molecule has 0 bridgehead atoms. The summed E-state index contributed by atoms with van der Waals surface area (Å²) in [6.45, 7) is 3.03. The van der Waals surface area contributed by atoms with E-state index in [2.05, 4.69) is 39.8 Å². The molecule has 1 unspecified atom stereocenters. The first kappa shape index (κ1) is 20.9. The van der Waals surface area contributed by atoms with Crippen molar-refractivity contribution in [3.63, 3.8) is 0 Å². The van der Waals surface area contributed by atoms with Crippen LogP contribution in [0.4, 0.5) is 0 Å². The minimum absolute atomic E-state index is 0.153. The second-order valence-corrected chi connectivity index (χ2v) is 9.33. The second kappa shape index (κ2) is 8.81. The Labute approximate surface area is 183 Å². The summed E-state index contributed by atoms with van der Waals surface area (Å²) in [6.07, 6.45) is 8.39. The van der Waals surface area contributed by atoms with Gasteiger partial charge in [-0.25, -0.2) is 0 Å². The van der Waals surface area contributed by atoms with Crippen molar-refractivity contribution in [1.29, 1.82) is 0 Å². The third kappa shape index (κ3) is 4.41. The second-order valence-electron chi connectivity index (χ2n) is 8.47. The van der Waals surface area contributed by atoms with Gasteiger partial charge in [-0.15, -0.1) is 0 Å². The molecule has 6 heteroatoms. The lowest BCUT2D eigenvalue weighted by Gasteiger charge is -2.46. The van der Waals surface area contributed by atoms with Crippen LogP contribution in [0.15, 0.2) is 46.5 Å². The molecule has 156 valence electrons. The van der Waals surface area contributed by atoms with Gasteiger partial charge >= 0.3 is 0 Å². The number of amides is 1. The van der Waals surface area contributed by atoms with Gasteiger partial charge in [0.05, 0.1) is 17.0 Å². The predicted octanol–water partition coefficient (Wildman–Crippen LogP) is 3.89. The molecule has 4 rings (SSSR count). The van der Waals surface area contributed by atoms with Crippen molar-refractivity contribution in [2.24, 2.45) is 5.92 Å². The molecule has 1 amide bonds. The number of carbonyl (C=O) groups excluding carboxylic acids is 1. The van der Waals surface area contributed by atoms with Gasteiger partial charge in [0, 0.05) is 24.2 Å². The van der Waals surface area contributed by atoms with E-state index in [0.29, 0.717) is 23.4 Å². The van der Waals surface area contributed by atoms with E-state index in [9.17, 15) is 4.79 Å². The maximum Gasteiger partial charge on any atom is 0.225 e. The molecular weight excluding hydrogens is 405 g/mol. The summed E-state index contributed by atoms with van der Waals surface area (Å²) < 4.78 is 0. The molecule has 1 aliphatic carbocycles. The molecule has 0 aromatic heterocycles. The number of likely N-dealkylation sites (tertiary alicyclic amines) is 1. The van der Waals surface area contributed by atoms with Crippen molar-refractivity contribution in [3.05, 3.63) is 57.6 Å². The van der Waals surface area contributed by atoms with Crippen LogP contribution in [0.1, 0.15) is 36.8 Å². The number of carbonyl (C=O) groups is 1. The Morgan fingerprint density at radius 1 is 1.28 bits per heavy atom. The molecule has 2 heterocycles. The fraction of sp³-hybridized carbons (Fsp3) is 0.522. The SMILES string of the molecule is CN[C@@H](CCN1CCC2(CC1)NC(=O)Cc1ccccc12)C1C=CC(Cl)=C(Cl)C1. The van der Waals surface area contributed by atoms with Crippen molar-refractivity contribution in [2.45, 2.75) is 43.7 Å². The van der Waals surface area contributed by atoms with E-state index >= 15 is 0 Å². The largest absolute Gasteiger partial charge is 0.346 e. The lowest BCUT2D eigenvalue weighted by atomic mass is 9.75. The van der Waals surface area contributed by atoms with Gasteiger partial charge in [0.15, 0.2) is 0 Å². The van der Waals surface area contributed by atoms with Gasteiger partial charge < -0.3 is 15.5 Å². The fourth-order valence-corrected chi connectivity index (χ4v) is 5.48. The molecule has 4 nitrogen and oxygen atoms in total. The quantitative estimate of drug-likeness (QED) is 0.739. The summed E-state index contributed by atoms with van der Waals surface area (Å²) in [5.41, 5.74) is 2.32. The molecule has 29 heavy (non-hydrogen) atoms. The van der Waals surface area contributed by atoms with Gasteiger partial charge in [0.2, 0.25) is 5.91 Å². The monoisotopic (exact) mass is 433 g/mol. The molecule has 2 aliphatic heterocycles. The smallest absolute Gasteiger partial charge is 0.225 e. The van der Waals surface area contributed by atoms with Gasteiger partial charge in [0.1, 0.15) is 0 Å². The number of nitrogens with one attached hydrogen (secondary N) is 2. The highest BCUT2D eigenvalue weighted by Gasteiger charge is 2.41. The number of halogens is 2. The molecule has 1 saturated heterocycles. The Morgan fingerprint density at radius 3 is 2.76 bits per heavy atom. The summed E-state index contributed by atoms with van der Waals surface area (Å²) >= 11 is 12.4. The van der Waals surface area contributed by atoms with Crippen LogP contribution < -0.4 is 10.6 Å². The average molecular weight is 434 g/mol. The zero-order valence-electron chi connectivity index (χ0n) is 16.9. The highest BCUT2D eigenvalue weighted by molar-refractivity contribution is 6.40. The van der Waals surface area contributed by atoms with Gasteiger partial charge in [-0.1, -0.05) is 53.5 Å². The number of hydrogen-bond donors (Lipinski definition) is 2. The van der Waals surface area contributed by atoms with Crippen LogP contribution in [0.5, 0.6) is 0 Å². The van der Waals surface area contributed by atoms with Crippen molar-refractivity contribution in [3.8, 4) is 0 Å². The van der Waals surface area contributed by atoms with Crippen LogP contribution in [-0.2, 0) is 16.8 Å². The number of rotatable bonds is 5. The van der Waals surface area contributed by atoms with Crippen LogP contribution in [0.3, 0.4) is 0 Å². The maximum absolute atomic E-state index is 12.3. The normalized spacial score (nSPS) is 25.1. The first-order valence-corrected chi connectivity index (χ1v) is 11.3. The highest BCUT2D eigenvalue weighted by atomic mass is 35.5. The van der Waals surface area contributed by atoms with Gasteiger partial charge in [-0.05, 0) is 62.4 Å². The van der Waals surface area contributed by atoms with E-state index in [0.717, 1.165) is 50.3 Å². The first-order valence-electron chi connectivity index (χ1n) is 10.5.